The van der Waals surface area contributed by atoms with E-state index in [1.54, 1.807) is 12.4 Å². The van der Waals surface area contributed by atoms with Crippen LogP contribution in [0.1, 0.15) is 45.7 Å². The highest BCUT2D eigenvalue weighted by Crippen LogP contribution is 2.30. The minimum Gasteiger partial charge on any atom is -0.473 e. The van der Waals surface area contributed by atoms with Crippen molar-refractivity contribution in [3.8, 4) is 5.88 Å². The molecule has 1 heterocycles. The van der Waals surface area contributed by atoms with Crippen LogP contribution >= 0.6 is 0 Å². The van der Waals surface area contributed by atoms with E-state index in [9.17, 15) is 0 Å². The molecule has 0 bridgehead atoms. The largest absolute Gasteiger partial charge is 0.473 e. The van der Waals surface area contributed by atoms with Gasteiger partial charge in [-0.25, -0.2) is 4.98 Å². The molecule has 1 saturated carbocycles. The van der Waals surface area contributed by atoms with Gasteiger partial charge in [0.15, 0.2) is 0 Å². The second kappa shape index (κ2) is 6.85. The maximum absolute atomic E-state index is 6.02. The van der Waals surface area contributed by atoms with Gasteiger partial charge in [-0.3, -0.25) is 4.98 Å². The molecule has 0 saturated heterocycles. The molecule has 0 aliphatic heterocycles. The van der Waals surface area contributed by atoms with Crippen molar-refractivity contribution < 1.29 is 4.74 Å². The average Bonchev–Trinajstić information content (AvgIpc) is 2.35. The number of rotatable bonds is 5. The van der Waals surface area contributed by atoms with Crippen LogP contribution in [0.25, 0.3) is 0 Å². The number of hydrogen-bond donors (Lipinski definition) is 1. The van der Waals surface area contributed by atoms with Crippen LogP contribution in [0.15, 0.2) is 12.4 Å². The van der Waals surface area contributed by atoms with Gasteiger partial charge in [-0.2, -0.15) is 0 Å². The van der Waals surface area contributed by atoms with Gasteiger partial charge >= 0.3 is 0 Å². The van der Waals surface area contributed by atoms with Crippen LogP contribution in [-0.4, -0.2) is 22.6 Å². The molecule has 106 valence electrons. The molecule has 1 aromatic heterocycles. The molecule has 2 unspecified atom stereocenters. The fourth-order valence-electron chi connectivity index (χ4n) is 2.92. The third kappa shape index (κ3) is 4.46. The summed E-state index contributed by atoms with van der Waals surface area (Å²) in [6.07, 6.45) is 7.38. The van der Waals surface area contributed by atoms with Crippen molar-refractivity contribution in [3.05, 3.63) is 18.1 Å². The van der Waals surface area contributed by atoms with E-state index < -0.39 is 0 Å². The summed E-state index contributed by atoms with van der Waals surface area (Å²) >= 11 is 0. The normalized spacial score (nSPS) is 27.2. The molecule has 4 heteroatoms. The van der Waals surface area contributed by atoms with Gasteiger partial charge in [0, 0.05) is 12.7 Å². The quantitative estimate of drug-likeness (QED) is 0.887. The van der Waals surface area contributed by atoms with Crippen LogP contribution in [0.5, 0.6) is 5.88 Å². The monoisotopic (exact) mass is 263 g/mol. The molecule has 1 N–H and O–H groups in total. The second-order valence-electron chi connectivity index (χ2n) is 5.79. The Balaban J connectivity index is 1.94. The summed E-state index contributed by atoms with van der Waals surface area (Å²) in [6, 6.07) is 0. The van der Waals surface area contributed by atoms with E-state index in [0.717, 1.165) is 43.5 Å². The first-order valence-corrected chi connectivity index (χ1v) is 7.35. The molecule has 1 fully saturated rings. The summed E-state index contributed by atoms with van der Waals surface area (Å²) in [4.78, 5) is 8.72. The first kappa shape index (κ1) is 14.3. The summed E-state index contributed by atoms with van der Waals surface area (Å²) in [5.74, 6) is 2.15. The minimum absolute atomic E-state index is 0.294. The molecule has 2 atom stereocenters. The lowest BCUT2D eigenvalue weighted by molar-refractivity contribution is 0.0960. The van der Waals surface area contributed by atoms with Crippen LogP contribution < -0.4 is 10.1 Å². The third-order valence-electron chi connectivity index (χ3n) is 3.64. The highest BCUT2D eigenvalue weighted by Gasteiger charge is 2.25. The van der Waals surface area contributed by atoms with E-state index >= 15 is 0 Å². The number of ether oxygens (including phenoxy) is 1. The molecule has 0 amide bonds. The highest BCUT2D eigenvalue weighted by atomic mass is 16.5. The molecule has 2 rings (SSSR count). The number of aromatic nitrogens is 2. The Morgan fingerprint density at radius 1 is 1.21 bits per heavy atom. The molecule has 1 aromatic rings. The van der Waals surface area contributed by atoms with Crippen molar-refractivity contribution in [1.82, 2.24) is 15.3 Å². The van der Waals surface area contributed by atoms with Crippen molar-refractivity contribution in [1.29, 1.82) is 0 Å². The summed E-state index contributed by atoms with van der Waals surface area (Å²) in [7, 11) is 0. The van der Waals surface area contributed by atoms with Gasteiger partial charge in [0.2, 0.25) is 5.88 Å². The fraction of sp³-hybridized carbons (Fsp3) is 0.733. The van der Waals surface area contributed by atoms with Crippen molar-refractivity contribution >= 4 is 0 Å². The maximum Gasteiger partial charge on any atom is 0.232 e. The first-order chi connectivity index (χ1) is 9.17. The topological polar surface area (TPSA) is 47.0 Å². The van der Waals surface area contributed by atoms with Gasteiger partial charge in [-0.1, -0.05) is 20.8 Å². The van der Waals surface area contributed by atoms with Crippen molar-refractivity contribution in [3.63, 3.8) is 0 Å². The Bertz CT molecular complexity index is 387. The molecule has 4 nitrogen and oxygen atoms in total. The van der Waals surface area contributed by atoms with Crippen molar-refractivity contribution in [2.24, 2.45) is 11.8 Å². The predicted octanol–water partition coefficient (Wildman–Crippen LogP) is 2.79. The number of hydrogen-bond acceptors (Lipinski definition) is 4. The predicted molar refractivity (Wildman–Crippen MR) is 76.0 cm³/mol. The SMILES string of the molecule is CCNCc1cncc(OC2CC(C)CC(C)C2)n1. The van der Waals surface area contributed by atoms with Gasteiger partial charge in [0.05, 0.1) is 11.9 Å². The molecular formula is C15H25N3O. The number of nitrogens with zero attached hydrogens (tertiary/aromatic N) is 2. The molecular weight excluding hydrogens is 238 g/mol. The zero-order chi connectivity index (χ0) is 13.7. The molecule has 0 radical (unpaired) electrons. The Morgan fingerprint density at radius 3 is 2.63 bits per heavy atom. The molecule has 0 aromatic carbocycles. The van der Waals surface area contributed by atoms with Gasteiger partial charge in [0.1, 0.15) is 6.10 Å². The minimum atomic E-state index is 0.294. The second-order valence-corrected chi connectivity index (χ2v) is 5.79. The highest BCUT2D eigenvalue weighted by molar-refractivity contribution is 5.09. The van der Waals surface area contributed by atoms with Crippen LogP contribution in [0.3, 0.4) is 0 Å². The van der Waals surface area contributed by atoms with E-state index in [0.29, 0.717) is 12.0 Å². The first-order valence-electron chi connectivity index (χ1n) is 7.35. The maximum atomic E-state index is 6.02. The Morgan fingerprint density at radius 2 is 1.95 bits per heavy atom. The average molecular weight is 263 g/mol. The van der Waals surface area contributed by atoms with Gasteiger partial charge in [-0.05, 0) is 37.6 Å². The van der Waals surface area contributed by atoms with Crippen LogP contribution in [-0.2, 0) is 6.54 Å². The van der Waals surface area contributed by atoms with Crippen molar-refractivity contribution in [2.45, 2.75) is 52.7 Å². The summed E-state index contributed by atoms with van der Waals surface area (Å²) < 4.78 is 6.02. The van der Waals surface area contributed by atoms with Gasteiger partial charge in [-0.15, -0.1) is 0 Å². The van der Waals surface area contributed by atoms with Gasteiger partial charge in [0.25, 0.3) is 0 Å². The Hall–Kier alpha value is -1.16. The summed E-state index contributed by atoms with van der Waals surface area (Å²) in [5.41, 5.74) is 0.941. The van der Waals surface area contributed by atoms with Crippen molar-refractivity contribution in [2.75, 3.05) is 6.54 Å². The zero-order valence-corrected chi connectivity index (χ0v) is 12.2. The lowest BCUT2D eigenvalue weighted by atomic mass is 9.82. The zero-order valence-electron chi connectivity index (χ0n) is 12.2. The van der Waals surface area contributed by atoms with E-state index in [1.165, 1.54) is 6.42 Å². The summed E-state index contributed by atoms with van der Waals surface area (Å²) in [6.45, 7) is 8.37. The van der Waals surface area contributed by atoms with E-state index in [1.807, 2.05) is 0 Å². The molecule has 0 spiro atoms. The standard InChI is InChI=1S/C15H25N3O/c1-4-16-8-13-9-17-10-15(18-13)19-14-6-11(2)5-12(3)7-14/h9-12,14,16H,4-8H2,1-3H3. The van der Waals surface area contributed by atoms with E-state index in [4.69, 9.17) is 4.74 Å². The third-order valence-corrected chi connectivity index (χ3v) is 3.64. The number of nitrogens with one attached hydrogen (secondary N) is 1. The lowest BCUT2D eigenvalue weighted by Gasteiger charge is -2.31. The molecule has 1 aliphatic rings. The van der Waals surface area contributed by atoms with Crippen LogP contribution in [0.2, 0.25) is 0 Å². The van der Waals surface area contributed by atoms with Gasteiger partial charge < -0.3 is 10.1 Å². The fourth-order valence-corrected chi connectivity index (χ4v) is 2.92. The molecule has 1 aliphatic carbocycles. The van der Waals surface area contributed by atoms with Crippen LogP contribution in [0, 0.1) is 11.8 Å². The summed E-state index contributed by atoms with van der Waals surface area (Å²) in [5, 5.41) is 3.25. The van der Waals surface area contributed by atoms with E-state index in [-0.39, 0.29) is 0 Å². The lowest BCUT2D eigenvalue weighted by Crippen LogP contribution is -2.29. The Kier molecular flexibility index (Phi) is 5.14. The van der Waals surface area contributed by atoms with E-state index in [2.05, 4.69) is 36.1 Å². The molecule has 19 heavy (non-hydrogen) atoms. The smallest absolute Gasteiger partial charge is 0.232 e. The Labute approximate surface area is 116 Å². The van der Waals surface area contributed by atoms with Crippen LogP contribution in [0.4, 0.5) is 0 Å².